The number of hydrogen-bond acceptors (Lipinski definition) is 0. The summed E-state index contributed by atoms with van der Waals surface area (Å²) >= 11 is 0. The molecule has 1 fully saturated rings. The molecule has 0 unspecified atom stereocenters. The second kappa shape index (κ2) is 6.90. The maximum Gasteiger partial charge on any atom is 0.00921 e. The second-order valence-corrected chi connectivity index (χ2v) is 6.37. The van der Waals surface area contributed by atoms with Gasteiger partial charge in [0.15, 0.2) is 0 Å². The van der Waals surface area contributed by atoms with E-state index in [0.29, 0.717) is 5.41 Å². The van der Waals surface area contributed by atoms with Crippen LogP contribution in [0.5, 0.6) is 0 Å². The molecule has 0 amide bonds. The first-order valence-corrected chi connectivity index (χ1v) is 7.20. The van der Waals surface area contributed by atoms with Gasteiger partial charge < -0.3 is 0 Å². The average Bonchev–Trinajstić information content (AvgIpc) is 2.28. The lowest BCUT2D eigenvalue weighted by Gasteiger charge is -2.34. The van der Waals surface area contributed by atoms with E-state index in [9.17, 15) is 0 Å². The average molecular weight is 232 g/mol. The van der Waals surface area contributed by atoms with E-state index in [1.807, 2.05) is 0 Å². The molecule has 0 spiro atoms. The van der Waals surface area contributed by atoms with E-state index in [4.69, 9.17) is 0 Å². The highest BCUT2D eigenvalue weighted by Crippen LogP contribution is 2.39. The zero-order valence-corrected chi connectivity index (χ0v) is 12.1. The first-order valence-electron chi connectivity index (χ1n) is 7.20. The fourth-order valence-electron chi connectivity index (χ4n) is 2.49. The van der Waals surface area contributed by atoms with Gasteiger partial charge in [-0.2, -0.15) is 0 Å². The fourth-order valence-corrected chi connectivity index (χ4v) is 2.49. The maximum absolute atomic E-state index is 3.25. The molecule has 0 bridgehead atoms. The van der Waals surface area contributed by atoms with Crippen LogP contribution in [0.3, 0.4) is 0 Å². The van der Waals surface area contributed by atoms with E-state index < -0.39 is 0 Å². The van der Waals surface area contributed by atoms with Crippen molar-refractivity contribution >= 4 is 0 Å². The lowest BCUT2D eigenvalue weighted by atomic mass is 9.71. The van der Waals surface area contributed by atoms with E-state index in [1.54, 1.807) is 5.57 Å². The van der Waals surface area contributed by atoms with Crippen LogP contribution in [0.4, 0.5) is 0 Å². The van der Waals surface area contributed by atoms with Gasteiger partial charge in [-0.1, -0.05) is 51.5 Å². The van der Waals surface area contributed by atoms with Crippen LogP contribution in [-0.4, -0.2) is 0 Å². The Morgan fingerprint density at radius 1 is 1.24 bits per heavy atom. The molecule has 1 rings (SSSR count). The largest absolute Gasteiger partial charge is 0.0985 e. The van der Waals surface area contributed by atoms with Crippen LogP contribution in [0.1, 0.15) is 72.6 Å². The standard InChI is InChI=1S/C17H28/c1-5-6-7-8-9-10-15-11-13-16(14-12-15)17(2,3)4/h10,16H,5-7,11-14H2,1-4H3. The Balaban J connectivity index is 2.35. The summed E-state index contributed by atoms with van der Waals surface area (Å²) in [6.45, 7) is 9.33. The van der Waals surface area contributed by atoms with Gasteiger partial charge in [0.05, 0.1) is 0 Å². The highest BCUT2D eigenvalue weighted by Gasteiger charge is 2.27. The number of unbranched alkanes of at least 4 members (excludes halogenated alkanes) is 2. The molecule has 0 radical (unpaired) electrons. The van der Waals surface area contributed by atoms with Crippen molar-refractivity contribution in [1.82, 2.24) is 0 Å². The normalized spacial score (nSPS) is 20.7. The van der Waals surface area contributed by atoms with Crippen LogP contribution < -0.4 is 0 Å². The summed E-state index contributed by atoms with van der Waals surface area (Å²) < 4.78 is 0. The summed E-state index contributed by atoms with van der Waals surface area (Å²) in [5, 5.41) is 0. The molecule has 0 heteroatoms. The predicted molar refractivity (Wildman–Crippen MR) is 76.8 cm³/mol. The molecule has 1 saturated carbocycles. The fraction of sp³-hybridized carbons (Fsp3) is 0.765. The van der Waals surface area contributed by atoms with E-state index in [-0.39, 0.29) is 0 Å². The zero-order chi connectivity index (χ0) is 12.7. The molecule has 0 nitrogen and oxygen atoms in total. The van der Waals surface area contributed by atoms with Gasteiger partial charge >= 0.3 is 0 Å². The van der Waals surface area contributed by atoms with Crippen LogP contribution in [0.2, 0.25) is 0 Å². The van der Waals surface area contributed by atoms with Crippen LogP contribution in [0, 0.1) is 23.2 Å². The third kappa shape index (κ3) is 5.44. The summed E-state index contributed by atoms with van der Waals surface area (Å²) in [5.41, 5.74) is 2.06. The molecular formula is C17H28. The second-order valence-electron chi connectivity index (χ2n) is 6.37. The molecule has 17 heavy (non-hydrogen) atoms. The summed E-state index contributed by atoms with van der Waals surface area (Å²) in [6.07, 6.45) is 11.0. The molecule has 1 aliphatic rings. The van der Waals surface area contributed by atoms with Gasteiger partial charge in [-0.25, -0.2) is 0 Å². The van der Waals surface area contributed by atoms with Gasteiger partial charge in [-0.3, -0.25) is 0 Å². The van der Waals surface area contributed by atoms with Gasteiger partial charge in [-0.05, 0) is 49.5 Å². The number of rotatable bonds is 2. The lowest BCUT2D eigenvalue weighted by Crippen LogP contribution is -2.23. The Morgan fingerprint density at radius 3 is 2.41 bits per heavy atom. The summed E-state index contributed by atoms with van der Waals surface area (Å²) in [4.78, 5) is 0. The molecule has 0 heterocycles. The molecule has 0 N–H and O–H groups in total. The minimum Gasteiger partial charge on any atom is -0.0985 e. The molecule has 0 aromatic rings. The third-order valence-electron chi connectivity index (χ3n) is 3.89. The number of hydrogen-bond donors (Lipinski definition) is 0. The molecular weight excluding hydrogens is 204 g/mol. The Labute approximate surface area is 108 Å². The van der Waals surface area contributed by atoms with Gasteiger partial charge in [0.2, 0.25) is 0 Å². The third-order valence-corrected chi connectivity index (χ3v) is 3.89. The van der Waals surface area contributed by atoms with Gasteiger partial charge in [-0.15, -0.1) is 0 Å². The Morgan fingerprint density at radius 2 is 1.88 bits per heavy atom. The minimum absolute atomic E-state index is 0.484. The first kappa shape index (κ1) is 14.4. The van der Waals surface area contributed by atoms with Crippen molar-refractivity contribution in [3.63, 3.8) is 0 Å². The van der Waals surface area contributed by atoms with Gasteiger partial charge in [0, 0.05) is 6.42 Å². The van der Waals surface area contributed by atoms with E-state index in [0.717, 1.165) is 12.3 Å². The summed E-state index contributed by atoms with van der Waals surface area (Å²) in [7, 11) is 0. The molecule has 0 atom stereocenters. The molecule has 0 aromatic carbocycles. The van der Waals surface area contributed by atoms with Crippen molar-refractivity contribution in [3.8, 4) is 11.8 Å². The zero-order valence-electron chi connectivity index (χ0n) is 12.1. The quantitative estimate of drug-likeness (QED) is 0.445. The molecule has 96 valence electrons. The van der Waals surface area contributed by atoms with Crippen LogP contribution in [-0.2, 0) is 0 Å². The topological polar surface area (TPSA) is 0 Å². The molecule has 0 saturated heterocycles. The number of allylic oxidation sites excluding steroid dienone is 2. The van der Waals surface area contributed by atoms with Crippen molar-refractivity contribution in [1.29, 1.82) is 0 Å². The van der Waals surface area contributed by atoms with Crippen LogP contribution in [0.15, 0.2) is 11.6 Å². The van der Waals surface area contributed by atoms with Crippen molar-refractivity contribution < 1.29 is 0 Å². The highest BCUT2D eigenvalue weighted by molar-refractivity contribution is 5.22. The van der Waals surface area contributed by atoms with Crippen LogP contribution >= 0.6 is 0 Å². The molecule has 0 aliphatic heterocycles. The van der Waals surface area contributed by atoms with Crippen molar-refractivity contribution in [2.24, 2.45) is 11.3 Å². The predicted octanol–water partition coefficient (Wildman–Crippen LogP) is 5.34. The minimum atomic E-state index is 0.484. The van der Waals surface area contributed by atoms with E-state index in [1.165, 1.54) is 38.5 Å². The molecule has 0 aromatic heterocycles. The SMILES string of the molecule is CCCCC#CC=C1CCC(C(C)(C)C)CC1. The van der Waals surface area contributed by atoms with Gasteiger partial charge in [0.1, 0.15) is 0 Å². The van der Waals surface area contributed by atoms with Crippen LogP contribution in [0.25, 0.3) is 0 Å². The highest BCUT2D eigenvalue weighted by atomic mass is 14.3. The first-order chi connectivity index (χ1) is 8.04. The smallest absolute Gasteiger partial charge is 0.00921 e. The lowest BCUT2D eigenvalue weighted by molar-refractivity contribution is 0.197. The Hall–Kier alpha value is -0.700. The Bertz CT molecular complexity index is 293. The summed E-state index contributed by atoms with van der Waals surface area (Å²) in [5.74, 6) is 7.38. The maximum atomic E-state index is 3.25. The summed E-state index contributed by atoms with van der Waals surface area (Å²) in [6, 6.07) is 0. The monoisotopic (exact) mass is 232 g/mol. The van der Waals surface area contributed by atoms with Crippen molar-refractivity contribution in [2.45, 2.75) is 72.6 Å². The van der Waals surface area contributed by atoms with Gasteiger partial charge in [0.25, 0.3) is 0 Å². The van der Waals surface area contributed by atoms with Crippen molar-refractivity contribution in [2.75, 3.05) is 0 Å². The van der Waals surface area contributed by atoms with E-state index >= 15 is 0 Å². The van der Waals surface area contributed by atoms with Crippen molar-refractivity contribution in [3.05, 3.63) is 11.6 Å². The van der Waals surface area contributed by atoms with E-state index in [2.05, 4.69) is 45.6 Å². The molecule has 1 aliphatic carbocycles. The Kier molecular flexibility index (Phi) is 5.83.